The van der Waals surface area contributed by atoms with Crippen molar-refractivity contribution in [3.8, 4) is 5.75 Å². The molecule has 2 rings (SSSR count). The van der Waals surface area contributed by atoms with Crippen molar-refractivity contribution in [1.29, 1.82) is 0 Å². The second kappa shape index (κ2) is 9.34. The van der Waals surface area contributed by atoms with Crippen LogP contribution in [0, 0.1) is 11.6 Å². The molecule has 25 heavy (non-hydrogen) atoms. The SMILES string of the molecule is CN(CCOc1ccccc1F)CCC(=O)Nc1ccc(Cl)cc1F. The molecule has 4 nitrogen and oxygen atoms in total. The van der Waals surface area contributed by atoms with Gasteiger partial charge in [0.2, 0.25) is 5.91 Å². The summed E-state index contributed by atoms with van der Waals surface area (Å²) in [6, 6.07) is 10.2. The number of likely N-dealkylation sites (N-methyl/N-ethyl adjacent to an activating group) is 1. The normalized spacial score (nSPS) is 10.8. The van der Waals surface area contributed by atoms with E-state index in [9.17, 15) is 13.6 Å². The lowest BCUT2D eigenvalue weighted by atomic mass is 10.3. The highest BCUT2D eigenvalue weighted by atomic mass is 35.5. The first-order chi connectivity index (χ1) is 12.0. The molecule has 0 unspecified atom stereocenters. The number of carbonyl (C=O) groups is 1. The molecule has 7 heteroatoms. The first-order valence-corrected chi connectivity index (χ1v) is 8.14. The molecule has 2 aromatic rings. The number of benzene rings is 2. The summed E-state index contributed by atoms with van der Waals surface area (Å²) in [6.45, 7) is 1.28. The number of halogens is 3. The van der Waals surface area contributed by atoms with Gasteiger partial charge < -0.3 is 15.0 Å². The Balaban J connectivity index is 1.69. The number of carbonyl (C=O) groups excluding carboxylic acids is 1. The molecule has 1 amide bonds. The lowest BCUT2D eigenvalue weighted by Gasteiger charge is -2.17. The van der Waals surface area contributed by atoms with E-state index in [4.69, 9.17) is 16.3 Å². The van der Waals surface area contributed by atoms with Gasteiger partial charge in [-0.1, -0.05) is 23.7 Å². The highest BCUT2D eigenvalue weighted by molar-refractivity contribution is 6.30. The van der Waals surface area contributed by atoms with Crippen molar-refractivity contribution in [3.05, 3.63) is 59.1 Å². The predicted molar refractivity (Wildman–Crippen MR) is 94.0 cm³/mol. The number of nitrogens with zero attached hydrogens (tertiary/aromatic N) is 1. The molecule has 0 heterocycles. The van der Waals surface area contributed by atoms with Crippen LogP contribution in [0.5, 0.6) is 5.75 Å². The molecule has 0 bridgehead atoms. The number of rotatable bonds is 8. The van der Waals surface area contributed by atoms with Crippen molar-refractivity contribution < 1.29 is 18.3 Å². The summed E-state index contributed by atoms with van der Waals surface area (Å²) in [4.78, 5) is 13.7. The molecule has 0 aromatic heterocycles. The fourth-order valence-corrected chi connectivity index (χ4v) is 2.24. The van der Waals surface area contributed by atoms with Crippen molar-refractivity contribution in [2.45, 2.75) is 6.42 Å². The van der Waals surface area contributed by atoms with E-state index in [0.717, 1.165) is 6.07 Å². The Morgan fingerprint density at radius 2 is 1.92 bits per heavy atom. The Hall–Kier alpha value is -2.18. The molecule has 0 radical (unpaired) electrons. The maximum Gasteiger partial charge on any atom is 0.225 e. The summed E-state index contributed by atoms with van der Waals surface area (Å²) in [5.74, 6) is -1.09. The van der Waals surface area contributed by atoms with Gasteiger partial charge in [0.25, 0.3) is 0 Å². The highest BCUT2D eigenvalue weighted by Gasteiger charge is 2.09. The number of anilines is 1. The molecule has 0 atom stereocenters. The number of ether oxygens (including phenoxy) is 1. The van der Waals surface area contributed by atoms with Gasteiger partial charge >= 0.3 is 0 Å². The van der Waals surface area contributed by atoms with E-state index in [1.807, 2.05) is 11.9 Å². The molecule has 1 N–H and O–H groups in total. The van der Waals surface area contributed by atoms with E-state index in [0.29, 0.717) is 19.7 Å². The molecule has 0 aliphatic heterocycles. The zero-order chi connectivity index (χ0) is 18.2. The van der Waals surface area contributed by atoms with E-state index >= 15 is 0 Å². The first-order valence-electron chi connectivity index (χ1n) is 7.76. The molecular weight excluding hydrogens is 350 g/mol. The second-order valence-corrected chi connectivity index (χ2v) is 5.94. The van der Waals surface area contributed by atoms with Crippen molar-refractivity contribution >= 4 is 23.2 Å². The van der Waals surface area contributed by atoms with E-state index in [2.05, 4.69) is 5.32 Å². The standard InChI is InChI=1S/C18H19ClF2N2O2/c1-23(10-11-25-17-5-3-2-4-14(17)20)9-8-18(24)22-16-7-6-13(19)12-15(16)21/h2-7,12H,8-11H2,1H3,(H,22,24). The van der Waals surface area contributed by atoms with Crippen LogP contribution in [0.15, 0.2) is 42.5 Å². The number of hydrogen-bond donors (Lipinski definition) is 1. The molecule has 0 spiro atoms. The lowest BCUT2D eigenvalue weighted by Crippen LogP contribution is -2.28. The minimum atomic E-state index is -0.576. The maximum absolute atomic E-state index is 13.6. The third-order valence-corrected chi connectivity index (χ3v) is 3.73. The summed E-state index contributed by atoms with van der Waals surface area (Å²) in [5.41, 5.74) is 0.0972. The van der Waals surface area contributed by atoms with Crippen molar-refractivity contribution in [1.82, 2.24) is 4.90 Å². The average Bonchev–Trinajstić information content (AvgIpc) is 2.57. The van der Waals surface area contributed by atoms with Crippen LogP contribution in [0.25, 0.3) is 0 Å². The lowest BCUT2D eigenvalue weighted by molar-refractivity contribution is -0.116. The fraction of sp³-hybridized carbons (Fsp3) is 0.278. The third-order valence-electron chi connectivity index (χ3n) is 3.49. The topological polar surface area (TPSA) is 41.6 Å². The Bertz CT molecular complexity index is 728. The zero-order valence-corrected chi connectivity index (χ0v) is 14.5. The Kier molecular flexibility index (Phi) is 7.16. The van der Waals surface area contributed by atoms with Crippen LogP contribution >= 0.6 is 11.6 Å². The van der Waals surface area contributed by atoms with Gasteiger partial charge in [0, 0.05) is 24.5 Å². The van der Waals surface area contributed by atoms with Crippen LogP contribution in [0.1, 0.15) is 6.42 Å². The molecular formula is C18H19ClF2N2O2. The zero-order valence-electron chi connectivity index (χ0n) is 13.8. The minimum Gasteiger partial charge on any atom is -0.489 e. The van der Waals surface area contributed by atoms with E-state index in [-0.39, 0.29) is 28.8 Å². The molecule has 0 fully saturated rings. The summed E-state index contributed by atoms with van der Waals surface area (Å²) < 4.78 is 32.4. The Morgan fingerprint density at radius 3 is 2.64 bits per heavy atom. The van der Waals surface area contributed by atoms with Gasteiger partial charge in [0.1, 0.15) is 12.4 Å². The largest absolute Gasteiger partial charge is 0.489 e. The molecule has 0 saturated carbocycles. The molecule has 0 aliphatic carbocycles. The quantitative estimate of drug-likeness (QED) is 0.767. The summed E-state index contributed by atoms with van der Waals surface area (Å²) in [5, 5.41) is 2.77. The van der Waals surface area contributed by atoms with Crippen molar-refractivity contribution in [2.75, 3.05) is 32.1 Å². The second-order valence-electron chi connectivity index (χ2n) is 5.50. The van der Waals surface area contributed by atoms with Gasteiger partial charge in [0.15, 0.2) is 11.6 Å². The smallest absolute Gasteiger partial charge is 0.225 e. The van der Waals surface area contributed by atoms with Crippen molar-refractivity contribution in [3.63, 3.8) is 0 Å². The molecule has 0 aliphatic rings. The minimum absolute atomic E-state index is 0.0972. The van der Waals surface area contributed by atoms with Crippen LogP contribution in [-0.2, 0) is 4.79 Å². The van der Waals surface area contributed by atoms with Crippen LogP contribution in [-0.4, -0.2) is 37.6 Å². The first kappa shape index (κ1) is 19.1. The Morgan fingerprint density at radius 1 is 1.16 bits per heavy atom. The van der Waals surface area contributed by atoms with Crippen LogP contribution in [0.2, 0.25) is 5.02 Å². The average molecular weight is 369 g/mol. The van der Waals surface area contributed by atoms with Gasteiger partial charge in [-0.25, -0.2) is 8.78 Å². The maximum atomic E-state index is 13.6. The van der Waals surface area contributed by atoms with Crippen molar-refractivity contribution in [2.24, 2.45) is 0 Å². The summed E-state index contributed by atoms with van der Waals surface area (Å²) >= 11 is 5.66. The number of amides is 1. The molecule has 2 aromatic carbocycles. The third kappa shape index (κ3) is 6.32. The van der Waals surface area contributed by atoms with Gasteiger partial charge in [-0.3, -0.25) is 4.79 Å². The number of nitrogens with one attached hydrogen (secondary N) is 1. The van der Waals surface area contributed by atoms with Gasteiger partial charge in [-0.2, -0.15) is 0 Å². The van der Waals surface area contributed by atoms with Gasteiger partial charge in [0.05, 0.1) is 5.69 Å². The summed E-state index contributed by atoms with van der Waals surface area (Å²) in [6.07, 6.45) is 0.193. The fourth-order valence-electron chi connectivity index (χ4n) is 2.08. The predicted octanol–water partition coefficient (Wildman–Crippen LogP) is 3.96. The number of hydrogen-bond acceptors (Lipinski definition) is 3. The van der Waals surface area contributed by atoms with E-state index in [1.165, 1.54) is 18.2 Å². The highest BCUT2D eigenvalue weighted by Crippen LogP contribution is 2.19. The van der Waals surface area contributed by atoms with Crippen LogP contribution in [0.4, 0.5) is 14.5 Å². The van der Waals surface area contributed by atoms with Gasteiger partial charge in [-0.15, -0.1) is 0 Å². The summed E-state index contributed by atoms with van der Waals surface area (Å²) in [7, 11) is 1.82. The van der Waals surface area contributed by atoms with E-state index in [1.54, 1.807) is 18.2 Å². The monoisotopic (exact) mass is 368 g/mol. The molecule has 134 valence electrons. The van der Waals surface area contributed by atoms with Crippen LogP contribution < -0.4 is 10.1 Å². The van der Waals surface area contributed by atoms with Crippen LogP contribution in [0.3, 0.4) is 0 Å². The van der Waals surface area contributed by atoms with E-state index < -0.39 is 11.6 Å². The van der Waals surface area contributed by atoms with Gasteiger partial charge in [-0.05, 0) is 37.4 Å². The number of para-hydroxylation sites is 1. The molecule has 0 saturated heterocycles. The Labute approximate surface area is 150 Å².